The Kier molecular flexibility index (Phi) is 6.96. The number of imidazole rings is 1. The van der Waals surface area contributed by atoms with Crippen LogP contribution in [0.15, 0.2) is 61.2 Å². The number of amides is 1. The Hall–Kier alpha value is -5.57. The van der Waals surface area contributed by atoms with Crippen LogP contribution in [0.1, 0.15) is 18.7 Å². The van der Waals surface area contributed by atoms with E-state index < -0.39 is 17.7 Å². The van der Waals surface area contributed by atoms with Crippen LogP contribution in [0, 0.1) is 18.6 Å². The summed E-state index contributed by atoms with van der Waals surface area (Å²) in [7, 11) is 0. The summed E-state index contributed by atoms with van der Waals surface area (Å²) < 4.78 is 38.4. The standard InChI is InChI=1S/C34H31F2N11O2/c1-19-41-27-5-2-4-23-26-8-9-37-34(43-26)42-21-13-29(33(48)44-10-3-11-49-22(16-44)17-45(19)30(23)27)46(15-21)31-24-14-40-47(32(24)39-18-38-31)28-7-6-20(35)12-25(28)36/h2,4-9,12,14,18,21-22,29H,3,10-11,13,15-17H2,1H3,(H,37,42,43)/t21-,22-,29-/m0/s1. The number of rotatable bonds is 2. The van der Waals surface area contributed by atoms with Crippen LogP contribution in [-0.4, -0.2) is 94.5 Å². The minimum atomic E-state index is -0.772. The van der Waals surface area contributed by atoms with Crippen LogP contribution < -0.4 is 10.2 Å². The van der Waals surface area contributed by atoms with Crippen LogP contribution >= 0.6 is 0 Å². The van der Waals surface area contributed by atoms with Gasteiger partial charge >= 0.3 is 0 Å². The highest BCUT2D eigenvalue weighted by Crippen LogP contribution is 2.34. The number of fused-ring (bicyclic) bond motifs is 8. The van der Waals surface area contributed by atoms with E-state index in [0.717, 1.165) is 34.2 Å². The molecule has 7 heterocycles. The molecular formula is C34H31F2N11O2. The van der Waals surface area contributed by atoms with E-state index in [9.17, 15) is 13.6 Å². The normalized spacial score (nSPS) is 21.0. The molecule has 1 N–H and O–H groups in total. The van der Waals surface area contributed by atoms with Gasteiger partial charge in [-0.3, -0.25) is 4.79 Å². The van der Waals surface area contributed by atoms with Crippen molar-refractivity contribution in [2.45, 2.75) is 44.5 Å². The molecule has 13 nitrogen and oxygen atoms in total. The summed E-state index contributed by atoms with van der Waals surface area (Å²) in [5, 5.41) is 8.42. The molecule has 3 atom stereocenters. The summed E-state index contributed by atoms with van der Waals surface area (Å²) in [6, 6.07) is 10.4. The monoisotopic (exact) mass is 663 g/mol. The fourth-order valence-corrected chi connectivity index (χ4v) is 7.41. The van der Waals surface area contributed by atoms with E-state index in [0.29, 0.717) is 68.4 Å². The van der Waals surface area contributed by atoms with Crippen LogP contribution in [0.25, 0.3) is 39.0 Å². The number of halogens is 2. The number of aryl methyl sites for hydroxylation is 1. The number of aromatic nitrogens is 8. The summed E-state index contributed by atoms with van der Waals surface area (Å²) >= 11 is 0. The summed E-state index contributed by atoms with van der Waals surface area (Å²) in [5.41, 5.74) is 3.90. The second kappa shape index (κ2) is 11.5. The van der Waals surface area contributed by atoms with E-state index in [-0.39, 0.29) is 23.7 Å². The highest BCUT2D eigenvalue weighted by atomic mass is 19.1. The SMILES string of the molecule is Cc1nc2cccc3c2n1C[C@@H]1CN(CCCO1)C(=O)[C@@H]1C[C@@H](CN1c1ncnc2c1cnn2-c1ccc(F)cc1F)Nc1nccc-3n1. The number of ether oxygens (including phenoxy) is 1. The van der Waals surface area contributed by atoms with Crippen LogP contribution in [0.4, 0.5) is 20.5 Å². The molecule has 6 bridgehead atoms. The molecule has 3 aliphatic heterocycles. The smallest absolute Gasteiger partial charge is 0.245 e. The molecule has 9 rings (SSSR count). The van der Waals surface area contributed by atoms with Crippen LogP contribution in [0.5, 0.6) is 0 Å². The van der Waals surface area contributed by atoms with E-state index in [1.54, 1.807) is 12.4 Å². The Bertz CT molecular complexity index is 2250. The average Bonchev–Trinajstić information content (AvgIpc) is 3.74. The average molecular weight is 664 g/mol. The summed E-state index contributed by atoms with van der Waals surface area (Å²) in [4.78, 5) is 41.8. The highest BCUT2D eigenvalue weighted by molar-refractivity contribution is 5.93. The maximum Gasteiger partial charge on any atom is 0.245 e. The molecule has 49 heavy (non-hydrogen) atoms. The van der Waals surface area contributed by atoms with Crippen molar-refractivity contribution in [1.29, 1.82) is 0 Å². The molecule has 0 radical (unpaired) electrons. The van der Waals surface area contributed by atoms with Crippen LogP contribution in [0.3, 0.4) is 0 Å². The molecule has 2 aromatic carbocycles. The van der Waals surface area contributed by atoms with Crippen molar-refractivity contribution in [3.05, 3.63) is 78.6 Å². The first-order chi connectivity index (χ1) is 23.9. The van der Waals surface area contributed by atoms with Crippen LogP contribution in [-0.2, 0) is 16.1 Å². The number of carbonyl (C=O) groups is 1. The molecule has 15 heteroatoms. The number of nitrogens with one attached hydrogen (secondary N) is 1. The predicted octanol–water partition coefficient (Wildman–Crippen LogP) is 3.90. The van der Waals surface area contributed by atoms with Gasteiger partial charge in [-0.2, -0.15) is 5.10 Å². The van der Waals surface area contributed by atoms with Crippen molar-refractivity contribution in [3.8, 4) is 16.9 Å². The lowest BCUT2D eigenvalue weighted by molar-refractivity contribution is -0.133. The van der Waals surface area contributed by atoms with Gasteiger partial charge in [-0.05, 0) is 44.0 Å². The second-order valence-corrected chi connectivity index (χ2v) is 12.7. The van der Waals surface area contributed by atoms with Gasteiger partial charge in [-0.15, -0.1) is 0 Å². The molecule has 0 aliphatic carbocycles. The first-order valence-corrected chi connectivity index (χ1v) is 16.3. The van der Waals surface area contributed by atoms with Crippen molar-refractivity contribution >= 4 is 39.7 Å². The molecule has 0 spiro atoms. The van der Waals surface area contributed by atoms with Gasteiger partial charge in [-0.25, -0.2) is 38.4 Å². The van der Waals surface area contributed by atoms with Crippen molar-refractivity contribution in [1.82, 2.24) is 44.2 Å². The van der Waals surface area contributed by atoms with Gasteiger partial charge in [0.05, 0.1) is 41.0 Å². The van der Waals surface area contributed by atoms with Gasteiger partial charge in [0, 0.05) is 50.1 Å². The van der Waals surface area contributed by atoms with E-state index in [1.165, 1.54) is 23.1 Å². The molecule has 0 saturated carbocycles. The summed E-state index contributed by atoms with van der Waals surface area (Å²) in [6.45, 7) is 4.40. The van der Waals surface area contributed by atoms with Crippen molar-refractivity contribution < 1.29 is 18.3 Å². The first-order valence-electron chi connectivity index (χ1n) is 16.3. The largest absolute Gasteiger partial charge is 0.374 e. The van der Waals surface area contributed by atoms with Crippen LogP contribution in [0.2, 0.25) is 0 Å². The van der Waals surface area contributed by atoms with Gasteiger partial charge in [0.15, 0.2) is 11.5 Å². The number of hydrogen-bond donors (Lipinski definition) is 1. The lowest BCUT2D eigenvalue weighted by Crippen LogP contribution is -2.48. The number of para-hydroxylation sites is 1. The molecule has 6 aromatic rings. The first kappa shape index (κ1) is 29.6. The van der Waals surface area contributed by atoms with Gasteiger partial charge in [-0.1, -0.05) is 12.1 Å². The molecule has 2 fully saturated rings. The third-order valence-electron chi connectivity index (χ3n) is 9.61. The predicted molar refractivity (Wildman–Crippen MR) is 176 cm³/mol. The van der Waals surface area contributed by atoms with Crippen molar-refractivity contribution in [2.75, 3.05) is 36.5 Å². The maximum atomic E-state index is 14.8. The molecular weight excluding hydrogens is 632 g/mol. The van der Waals surface area contributed by atoms with Gasteiger partial charge < -0.3 is 24.4 Å². The number of carbonyl (C=O) groups excluding carboxylic acids is 1. The number of hydrogen-bond acceptors (Lipinski definition) is 10. The Morgan fingerprint density at radius 3 is 2.84 bits per heavy atom. The Balaban J connectivity index is 1.15. The molecule has 248 valence electrons. The molecule has 0 unspecified atom stereocenters. The van der Waals surface area contributed by atoms with Crippen molar-refractivity contribution in [2.24, 2.45) is 0 Å². The Morgan fingerprint density at radius 1 is 1.02 bits per heavy atom. The molecule has 2 saturated heterocycles. The topological polar surface area (TPSA) is 132 Å². The minimum Gasteiger partial charge on any atom is -0.374 e. The number of anilines is 2. The zero-order valence-electron chi connectivity index (χ0n) is 26.5. The quantitative estimate of drug-likeness (QED) is 0.291. The van der Waals surface area contributed by atoms with E-state index >= 15 is 0 Å². The van der Waals surface area contributed by atoms with E-state index in [1.807, 2.05) is 41.0 Å². The highest BCUT2D eigenvalue weighted by Gasteiger charge is 2.42. The molecule has 4 aromatic heterocycles. The lowest BCUT2D eigenvalue weighted by Gasteiger charge is -2.31. The van der Waals surface area contributed by atoms with E-state index in [2.05, 4.69) is 29.9 Å². The third kappa shape index (κ3) is 5.03. The fourth-order valence-electron chi connectivity index (χ4n) is 7.41. The van der Waals surface area contributed by atoms with Gasteiger partial charge in [0.2, 0.25) is 11.9 Å². The second-order valence-electron chi connectivity index (χ2n) is 12.7. The summed E-state index contributed by atoms with van der Waals surface area (Å²) in [5.74, 6) is 0.280. The zero-order chi connectivity index (χ0) is 33.2. The molecule has 1 amide bonds. The van der Waals surface area contributed by atoms with E-state index in [4.69, 9.17) is 14.7 Å². The van der Waals surface area contributed by atoms with Gasteiger partial charge in [0.1, 0.15) is 35.5 Å². The summed E-state index contributed by atoms with van der Waals surface area (Å²) in [6.07, 6.45) is 5.56. The zero-order valence-corrected chi connectivity index (χ0v) is 26.5. The third-order valence-corrected chi connectivity index (χ3v) is 9.61. The van der Waals surface area contributed by atoms with Gasteiger partial charge in [0.25, 0.3) is 0 Å². The minimum absolute atomic E-state index is 0.0408. The number of nitrogens with zero attached hydrogens (tertiary/aromatic N) is 10. The Labute approximate surface area is 278 Å². The maximum absolute atomic E-state index is 14.8. The lowest BCUT2D eigenvalue weighted by atomic mass is 10.1. The molecule has 3 aliphatic rings. The van der Waals surface area contributed by atoms with Crippen molar-refractivity contribution in [3.63, 3.8) is 0 Å². The Morgan fingerprint density at radius 2 is 1.94 bits per heavy atom. The fraction of sp³-hybridized carbons (Fsp3) is 0.324. The number of benzene rings is 2.